The second-order valence-corrected chi connectivity index (χ2v) is 6.07. The maximum absolute atomic E-state index is 9.37. The molecule has 1 atom stereocenters. The van der Waals surface area contributed by atoms with Gasteiger partial charge in [0.15, 0.2) is 0 Å². The molecule has 1 aromatic heterocycles. The van der Waals surface area contributed by atoms with Gasteiger partial charge < -0.3 is 9.67 Å². The van der Waals surface area contributed by atoms with E-state index in [1.54, 1.807) is 0 Å². The summed E-state index contributed by atoms with van der Waals surface area (Å²) in [6, 6.07) is 8.65. The molecule has 3 nitrogen and oxygen atoms in total. The summed E-state index contributed by atoms with van der Waals surface area (Å²) in [5.41, 5.74) is 4.12. The summed E-state index contributed by atoms with van der Waals surface area (Å²) in [4.78, 5) is 2.50. The van der Waals surface area contributed by atoms with Gasteiger partial charge in [0, 0.05) is 43.3 Å². The van der Waals surface area contributed by atoms with Gasteiger partial charge in [-0.1, -0.05) is 18.2 Å². The largest absolute Gasteiger partial charge is 0.396 e. The van der Waals surface area contributed by atoms with Gasteiger partial charge in [0.2, 0.25) is 0 Å². The van der Waals surface area contributed by atoms with Gasteiger partial charge >= 0.3 is 0 Å². The number of rotatable bonds is 3. The average Bonchev–Trinajstić information content (AvgIpc) is 2.73. The SMILES string of the molecule is Cc1c(CN2CCCC(CO)C2)c2ccccc2n1C. The van der Waals surface area contributed by atoms with Crippen LogP contribution in [0.3, 0.4) is 0 Å². The minimum atomic E-state index is 0.324. The summed E-state index contributed by atoms with van der Waals surface area (Å²) in [7, 11) is 2.15. The van der Waals surface area contributed by atoms with Gasteiger partial charge in [-0.15, -0.1) is 0 Å². The number of hydrogen-bond donors (Lipinski definition) is 1. The molecule has 2 heterocycles. The van der Waals surface area contributed by atoms with Crippen LogP contribution in [0.25, 0.3) is 10.9 Å². The molecule has 2 aromatic rings. The lowest BCUT2D eigenvalue weighted by Gasteiger charge is -2.31. The number of aliphatic hydroxyl groups excluding tert-OH is 1. The van der Waals surface area contributed by atoms with Gasteiger partial charge in [-0.2, -0.15) is 0 Å². The Labute approximate surface area is 120 Å². The molecule has 0 spiro atoms. The second-order valence-electron chi connectivity index (χ2n) is 6.07. The summed E-state index contributed by atoms with van der Waals surface area (Å²) in [6.07, 6.45) is 2.37. The minimum absolute atomic E-state index is 0.324. The van der Waals surface area contributed by atoms with Gasteiger partial charge in [-0.25, -0.2) is 0 Å². The summed E-state index contributed by atoms with van der Waals surface area (Å²) in [5.74, 6) is 0.457. The molecule has 0 aliphatic carbocycles. The van der Waals surface area contributed by atoms with E-state index in [0.29, 0.717) is 12.5 Å². The molecule has 1 fully saturated rings. The van der Waals surface area contributed by atoms with E-state index in [9.17, 15) is 5.11 Å². The van der Waals surface area contributed by atoms with Crippen molar-refractivity contribution in [3.05, 3.63) is 35.5 Å². The molecule has 20 heavy (non-hydrogen) atoms. The standard InChI is InChI=1S/C17H24N2O/c1-13-16(11-19-9-5-6-14(10-19)12-20)15-7-3-4-8-17(15)18(13)2/h3-4,7-8,14,20H,5-6,9-12H2,1-2H3. The number of benzene rings is 1. The van der Waals surface area contributed by atoms with Crippen LogP contribution in [-0.2, 0) is 13.6 Å². The van der Waals surface area contributed by atoms with Gasteiger partial charge in [0.1, 0.15) is 0 Å². The number of aliphatic hydroxyl groups is 1. The van der Waals surface area contributed by atoms with Crippen molar-refractivity contribution < 1.29 is 5.11 Å². The van der Waals surface area contributed by atoms with E-state index >= 15 is 0 Å². The van der Waals surface area contributed by atoms with Crippen LogP contribution in [-0.4, -0.2) is 34.3 Å². The van der Waals surface area contributed by atoms with E-state index in [0.717, 1.165) is 19.6 Å². The van der Waals surface area contributed by atoms with E-state index in [1.165, 1.54) is 35.0 Å². The first kappa shape index (κ1) is 13.7. The van der Waals surface area contributed by atoms with Gasteiger partial charge in [-0.3, -0.25) is 4.90 Å². The zero-order valence-corrected chi connectivity index (χ0v) is 12.5. The Morgan fingerprint density at radius 2 is 2.10 bits per heavy atom. The Bertz CT molecular complexity index is 602. The van der Waals surface area contributed by atoms with Crippen molar-refractivity contribution in [3.63, 3.8) is 0 Å². The predicted molar refractivity (Wildman–Crippen MR) is 82.7 cm³/mol. The summed E-state index contributed by atoms with van der Waals surface area (Å²) < 4.78 is 2.29. The first-order valence-electron chi connectivity index (χ1n) is 7.56. The van der Waals surface area contributed by atoms with Crippen LogP contribution in [0.1, 0.15) is 24.1 Å². The van der Waals surface area contributed by atoms with Crippen LogP contribution < -0.4 is 0 Å². The van der Waals surface area contributed by atoms with Crippen LogP contribution in [0.2, 0.25) is 0 Å². The van der Waals surface area contributed by atoms with Crippen molar-refractivity contribution in [3.8, 4) is 0 Å². The van der Waals surface area contributed by atoms with Crippen LogP contribution in [0.4, 0.5) is 0 Å². The molecule has 1 aliphatic heterocycles. The Balaban J connectivity index is 1.89. The predicted octanol–water partition coefficient (Wildman–Crippen LogP) is 2.69. The fourth-order valence-electron chi connectivity index (χ4n) is 3.47. The van der Waals surface area contributed by atoms with Gasteiger partial charge in [-0.05, 0) is 43.9 Å². The Morgan fingerprint density at radius 3 is 2.90 bits per heavy atom. The van der Waals surface area contributed by atoms with E-state index in [2.05, 4.69) is 47.7 Å². The molecule has 1 unspecified atom stereocenters. The number of hydrogen-bond acceptors (Lipinski definition) is 2. The van der Waals surface area contributed by atoms with Crippen molar-refractivity contribution >= 4 is 10.9 Å². The van der Waals surface area contributed by atoms with Crippen LogP contribution in [0.5, 0.6) is 0 Å². The van der Waals surface area contributed by atoms with Crippen molar-refractivity contribution in [2.24, 2.45) is 13.0 Å². The number of aryl methyl sites for hydroxylation is 1. The topological polar surface area (TPSA) is 28.4 Å². The smallest absolute Gasteiger partial charge is 0.0483 e. The normalized spacial score (nSPS) is 20.6. The third-order valence-corrected chi connectivity index (χ3v) is 4.77. The summed E-state index contributed by atoms with van der Waals surface area (Å²) in [6.45, 7) is 5.72. The summed E-state index contributed by atoms with van der Waals surface area (Å²) >= 11 is 0. The molecule has 3 rings (SSSR count). The molecule has 1 N–H and O–H groups in total. The van der Waals surface area contributed by atoms with Gasteiger partial charge in [0.25, 0.3) is 0 Å². The van der Waals surface area contributed by atoms with E-state index in [4.69, 9.17) is 0 Å². The Morgan fingerprint density at radius 1 is 1.30 bits per heavy atom. The first-order chi connectivity index (χ1) is 9.70. The van der Waals surface area contributed by atoms with E-state index in [1.807, 2.05) is 0 Å². The molecular weight excluding hydrogens is 248 g/mol. The second kappa shape index (κ2) is 5.58. The maximum Gasteiger partial charge on any atom is 0.0483 e. The molecule has 1 aromatic carbocycles. The van der Waals surface area contributed by atoms with Crippen LogP contribution >= 0.6 is 0 Å². The van der Waals surface area contributed by atoms with Crippen molar-refractivity contribution in [2.75, 3.05) is 19.7 Å². The molecule has 108 valence electrons. The zero-order valence-electron chi connectivity index (χ0n) is 12.5. The van der Waals surface area contributed by atoms with Crippen LogP contribution in [0, 0.1) is 12.8 Å². The fourth-order valence-corrected chi connectivity index (χ4v) is 3.47. The van der Waals surface area contributed by atoms with Gasteiger partial charge in [0.05, 0.1) is 0 Å². The fraction of sp³-hybridized carbons (Fsp3) is 0.529. The number of aromatic nitrogens is 1. The lowest BCUT2D eigenvalue weighted by Crippen LogP contribution is -2.36. The third-order valence-electron chi connectivity index (χ3n) is 4.77. The number of para-hydroxylation sites is 1. The van der Waals surface area contributed by atoms with Crippen molar-refractivity contribution in [1.29, 1.82) is 0 Å². The Hall–Kier alpha value is -1.32. The van der Waals surface area contributed by atoms with Crippen molar-refractivity contribution in [1.82, 2.24) is 9.47 Å². The van der Waals surface area contributed by atoms with E-state index < -0.39 is 0 Å². The third kappa shape index (κ3) is 2.36. The Kier molecular flexibility index (Phi) is 3.81. The van der Waals surface area contributed by atoms with Crippen LogP contribution in [0.15, 0.2) is 24.3 Å². The quantitative estimate of drug-likeness (QED) is 0.930. The molecule has 0 radical (unpaired) electrons. The number of nitrogens with zero attached hydrogens (tertiary/aromatic N) is 2. The highest BCUT2D eigenvalue weighted by atomic mass is 16.3. The molecule has 1 saturated heterocycles. The lowest BCUT2D eigenvalue weighted by atomic mass is 9.98. The molecule has 0 bridgehead atoms. The highest BCUT2D eigenvalue weighted by Gasteiger charge is 2.21. The highest BCUT2D eigenvalue weighted by molar-refractivity contribution is 5.85. The summed E-state index contributed by atoms with van der Waals surface area (Å²) in [5, 5.41) is 10.7. The number of piperidine rings is 1. The monoisotopic (exact) mass is 272 g/mol. The molecule has 0 amide bonds. The molecule has 1 aliphatic rings. The molecule has 0 saturated carbocycles. The number of likely N-dealkylation sites (tertiary alicyclic amines) is 1. The molecular formula is C17H24N2O. The maximum atomic E-state index is 9.37. The minimum Gasteiger partial charge on any atom is -0.396 e. The molecule has 3 heteroatoms. The van der Waals surface area contributed by atoms with E-state index in [-0.39, 0.29) is 0 Å². The number of fused-ring (bicyclic) bond motifs is 1. The average molecular weight is 272 g/mol. The highest BCUT2D eigenvalue weighted by Crippen LogP contribution is 2.27. The lowest BCUT2D eigenvalue weighted by molar-refractivity contribution is 0.116. The zero-order chi connectivity index (χ0) is 14.1. The van der Waals surface area contributed by atoms with Crippen molar-refractivity contribution in [2.45, 2.75) is 26.3 Å². The first-order valence-corrected chi connectivity index (χ1v) is 7.56.